The van der Waals surface area contributed by atoms with Gasteiger partial charge in [0.25, 0.3) is 10.0 Å². The molecule has 0 amide bonds. The summed E-state index contributed by atoms with van der Waals surface area (Å²) in [6.45, 7) is 3.94. The van der Waals surface area contributed by atoms with Crippen LogP contribution in [0.4, 0.5) is 0 Å². The minimum atomic E-state index is -3.80. The predicted molar refractivity (Wildman–Crippen MR) is 115 cm³/mol. The minimum Gasteiger partial charge on any atom is -0.491 e. The van der Waals surface area contributed by atoms with Crippen molar-refractivity contribution in [1.29, 1.82) is 0 Å². The lowest BCUT2D eigenvalue weighted by molar-refractivity contribution is 0.0104. The second-order valence-electron chi connectivity index (χ2n) is 6.74. The molecule has 0 radical (unpaired) electrons. The summed E-state index contributed by atoms with van der Waals surface area (Å²) >= 11 is 0. The Kier molecular flexibility index (Phi) is 8.38. The maximum Gasteiger partial charge on any atom is 0.262 e. The number of nitrogens with one attached hydrogen (secondary N) is 1. The van der Waals surface area contributed by atoms with Gasteiger partial charge >= 0.3 is 0 Å². The fourth-order valence-corrected chi connectivity index (χ4v) is 3.72. The Morgan fingerprint density at radius 3 is 2.68 bits per heavy atom. The Hall–Kier alpha value is -2.50. The highest BCUT2D eigenvalue weighted by molar-refractivity contribution is 7.89. The number of sulfonamides is 1. The Labute approximate surface area is 181 Å². The van der Waals surface area contributed by atoms with Crippen molar-refractivity contribution in [2.24, 2.45) is 5.73 Å². The van der Waals surface area contributed by atoms with Crippen LogP contribution in [0.1, 0.15) is 31.6 Å². The lowest BCUT2D eigenvalue weighted by atomic mass is 10.1. The van der Waals surface area contributed by atoms with Gasteiger partial charge in [-0.3, -0.25) is 4.84 Å². The molecule has 168 valence electrons. The van der Waals surface area contributed by atoms with Crippen LogP contribution in [0.3, 0.4) is 0 Å². The van der Waals surface area contributed by atoms with Crippen LogP contribution in [0.5, 0.6) is 5.75 Å². The monoisotopic (exact) mass is 449 g/mol. The van der Waals surface area contributed by atoms with Crippen LogP contribution in [0, 0.1) is 0 Å². The van der Waals surface area contributed by atoms with E-state index >= 15 is 0 Å². The second kappa shape index (κ2) is 11.2. The highest BCUT2D eigenvalue weighted by Gasteiger charge is 2.22. The molecule has 0 bridgehead atoms. The fourth-order valence-electron chi connectivity index (χ4n) is 2.87. The van der Waals surface area contributed by atoms with Crippen molar-refractivity contribution in [3.63, 3.8) is 0 Å². The molecule has 2 aromatic carbocycles. The molecule has 31 heavy (non-hydrogen) atoms. The van der Waals surface area contributed by atoms with E-state index in [-0.39, 0.29) is 4.90 Å². The Balaban J connectivity index is 1.63. The smallest absolute Gasteiger partial charge is 0.262 e. The molecule has 0 aliphatic heterocycles. The number of hydrogen-bond donors (Lipinski definition) is 2. The van der Waals surface area contributed by atoms with Gasteiger partial charge < -0.3 is 19.7 Å². The van der Waals surface area contributed by atoms with E-state index in [1.54, 1.807) is 30.3 Å². The molecular weight excluding hydrogens is 422 g/mol. The molecule has 1 atom stereocenters. The largest absolute Gasteiger partial charge is 0.491 e. The molecule has 0 fully saturated rings. The Bertz CT molecular complexity index is 1060. The van der Waals surface area contributed by atoms with Gasteiger partial charge in [0, 0.05) is 18.1 Å². The van der Waals surface area contributed by atoms with Crippen molar-refractivity contribution in [3.05, 3.63) is 54.2 Å². The van der Waals surface area contributed by atoms with E-state index in [1.165, 1.54) is 12.1 Å². The van der Waals surface area contributed by atoms with Crippen molar-refractivity contribution >= 4 is 21.0 Å². The number of rotatable bonds is 13. The third-order valence-electron chi connectivity index (χ3n) is 4.49. The van der Waals surface area contributed by atoms with Crippen molar-refractivity contribution in [1.82, 2.24) is 10.0 Å². The first-order valence-corrected chi connectivity index (χ1v) is 11.6. The van der Waals surface area contributed by atoms with Crippen LogP contribution < -0.4 is 15.4 Å². The van der Waals surface area contributed by atoms with Crippen LogP contribution in [0.25, 0.3) is 11.0 Å². The number of hydrogen-bond acceptors (Lipinski definition) is 8. The fraction of sp³-hybridized carbons (Fsp3) is 0.381. The molecule has 1 aromatic heterocycles. The van der Waals surface area contributed by atoms with Gasteiger partial charge in [0.2, 0.25) is 0 Å². The number of benzene rings is 2. The number of nitrogens with zero attached hydrogens (tertiary/aromatic N) is 1. The van der Waals surface area contributed by atoms with Crippen molar-refractivity contribution < 1.29 is 27.3 Å². The molecule has 1 unspecified atom stereocenters. The molecule has 3 rings (SSSR count). The third kappa shape index (κ3) is 6.25. The van der Waals surface area contributed by atoms with E-state index in [4.69, 9.17) is 24.6 Å². The molecule has 0 saturated heterocycles. The first-order chi connectivity index (χ1) is 15.0. The van der Waals surface area contributed by atoms with Crippen LogP contribution in [0.15, 0.2) is 57.9 Å². The molecule has 0 aliphatic carbocycles. The van der Waals surface area contributed by atoms with Gasteiger partial charge in [0.15, 0.2) is 5.58 Å². The van der Waals surface area contributed by atoms with Gasteiger partial charge in [-0.2, -0.15) is 0 Å². The van der Waals surface area contributed by atoms with Crippen molar-refractivity contribution in [3.8, 4) is 5.75 Å². The lowest BCUT2D eigenvalue weighted by Gasteiger charge is -2.14. The van der Waals surface area contributed by atoms with E-state index in [1.807, 2.05) is 13.0 Å². The van der Waals surface area contributed by atoms with Crippen LogP contribution in [-0.4, -0.2) is 39.9 Å². The standard InChI is InChI=1S/C21H27N3O6S/c1-2-19(30-24-31(25,26)17-7-4-3-5-8-17)21-18-10-9-16(15-20(18)29-23-21)28-14-13-27-12-6-11-22/h3-5,7-10,15,19,24H,2,6,11-14,22H2,1H3. The molecule has 0 aliphatic rings. The molecule has 9 nitrogen and oxygen atoms in total. The van der Waals surface area contributed by atoms with E-state index in [0.29, 0.717) is 49.8 Å². The second-order valence-corrected chi connectivity index (χ2v) is 8.39. The zero-order chi connectivity index (χ0) is 22.1. The highest BCUT2D eigenvalue weighted by atomic mass is 32.2. The molecule has 3 N–H and O–H groups in total. The zero-order valence-electron chi connectivity index (χ0n) is 17.3. The zero-order valence-corrected chi connectivity index (χ0v) is 18.1. The third-order valence-corrected chi connectivity index (χ3v) is 5.70. The maximum atomic E-state index is 12.4. The molecule has 10 heteroatoms. The van der Waals surface area contributed by atoms with Crippen LogP contribution in [-0.2, 0) is 19.6 Å². The van der Waals surface area contributed by atoms with E-state index in [2.05, 4.69) is 10.0 Å². The molecule has 0 saturated carbocycles. The lowest BCUT2D eigenvalue weighted by Crippen LogP contribution is -2.26. The summed E-state index contributed by atoms with van der Waals surface area (Å²) in [7, 11) is -3.80. The summed E-state index contributed by atoms with van der Waals surface area (Å²) in [6.07, 6.45) is 0.675. The Morgan fingerprint density at radius 1 is 1.13 bits per heavy atom. The summed E-state index contributed by atoms with van der Waals surface area (Å²) < 4.78 is 41.3. The summed E-state index contributed by atoms with van der Waals surface area (Å²) in [4.78, 5) is 7.79. The van der Waals surface area contributed by atoms with Crippen LogP contribution >= 0.6 is 0 Å². The number of nitrogens with two attached hydrogens (primary N) is 1. The number of fused-ring (bicyclic) bond motifs is 1. The molecule has 3 aromatic rings. The molecular formula is C21H27N3O6S. The average Bonchev–Trinajstić information content (AvgIpc) is 3.20. The molecule has 1 heterocycles. The van der Waals surface area contributed by atoms with Gasteiger partial charge in [-0.25, -0.2) is 8.42 Å². The van der Waals surface area contributed by atoms with E-state index < -0.39 is 16.1 Å². The SMILES string of the molecule is CCC(ONS(=O)(=O)c1ccccc1)c1noc2cc(OCCOCCCN)ccc12. The van der Waals surface area contributed by atoms with E-state index in [9.17, 15) is 8.42 Å². The topological polar surface area (TPSA) is 126 Å². The van der Waals surface area contributed by atoms with Gasteiger partial charge in [-0.15, -0.1) is 0 Å². The summed E-state index contributed by atoms with van der Waals surface area (Å²) in [5.41, 5.74) is 6.44. The summed E-state index contributed by atoms with van der Waals surface area (Å²) in [5.74, 6) is 0.622. The molecule has 0 spiro atoms. The summed E-state index contributed by atoms with van der Waals surface area (Å²) in [6, 6.07) is 13.3. The van der Waals surface area contributed by atoms with Gasteiger partial charge in [0.1, 0.15) is 24.2 Å². The van der Waals surface area contributed by atoms with Gasteiger partial charge in [0.05, 0.1) is 11.5 Å². The first-order valence-electron chi connectivity index (χ1n) is 10.1. The van der Waals surface area contributed by atoms with Crippen LogP contribution in [0.2, 0.25) is 0 Å². The first kappa shape index (κ1) is 23.2. The Morgan fingerprint density at radius 2 is 1.94 bits per heavy atom. The van der Waals surface area contributed by atoms with Gasteiger partial charge in [-0.05, 0) is 43.7 Å². The maximum absolute atomic E-state index is 12.4. The van der Waals surface area contributed by atoms with E-state index in [0.717, 1.165) is 11.8 Å². The number of aromatic nitrogens is 1. The van der Waals surface area contributed by atoms with Crippen molar-refractivity contribution in [2.45, 2.75) is 30.8 Å². The average molecular weight is 450 g/mol. The minimum absolute atomic E-state index is 0.115. The normalized spacial score (nSPS) is 12.8. The summed E-state index contributed by atoms with van der Waals surface area (Å²) in [5, 5.41) is 4.80. The number of ether oxygens (including phenoxy) is 2. The predicted octanol–water partition coefficient (Wildman–Crippen LogP) is 2.93. The van der Waals surface area contributed by atoms with Crippen molar-refractivity contribution in [2.75, 3.05) is 26.4 Å². The quantitative estimate of drug-likeness (QED) is 0.301. The highest BCUT2D eigenvalue weighted by Crippen LogP contribution is 2.30. The van der Waals surface area contributed by atoms with Gasteiger partial charge in [-0.1, -0.05) is 35.2 Å².